The molecule has 3 amide bonds. The maximum atomic E-state index is 12.3. The van der Waals surface area contributed by atoms with Crippen LogP contribution in [0.5, 0.6) is 0 Å². The number of amides is 3. The van der Waals surface area contributed by atoms with Crippen LogP contribution < -0.4 is 10.6 Å². The molecule has 23 heavy (non-hydrogen) atoms. The van der Waals surface area contributed by atoms with Crippen molar-refractivity contribution in [3.8, 4) is 0 Å². The number of likely N-dealkylation sites (tertiary alicyclic amines) is 1. The first kappa shape index (κ1) is 15.8. The molecule has 0 aromatic heterocycles. The summed E-state index contributed by atoms with van der Waals surface area (Å²) in [6.07, 6.45) is 3.70. The Kier molecular flexibility index (Phi) is 4.84. The van der Waals surface area contributed by atoms with Gasteiger partial charge in [-0.1, -0.05) is 24.3 Å². The molecule has 0 unspecified atom stereocenters. The van der Waals surface area contributed by atoms with Crippen molar-refractivity contribution in [1.29, 1.82) is 0 Å². The zero-order chi connectivity index (χ0) is 16.2. The lowest BCUT2D eigenvalue weighted by Crippen LogP contribution is -2.47. The van der Waals surface area contributed by atoms with Gasteiger partial charge in [0.15, 0.2) is 0 Å². The van der Waals surface area contributed by atoms with Gasteiger partial charge >= 0.3 is 6.03 Å². The number of piperidine rings is 1. The van der Waals surface area contributed by atoms with Crippen LogP contribution in [0, 0.1) is 12.8 Å². The third kappa shape index (κ3) is 4.24. The fourth-order valence-electron chi connectivity index (χ4n) is 2.97. The SMILES string of the molecule is Cc1ccccc1CNC(=O)C1CCN(C(=O)NC2CC2)CC1. The van der Waals surface area contributed by atoms with E-state index in [1.165, 1.54) is 5.56 Å². The fourth-order valence-corrected chi connectivity index (χ4v) is 2.97. The molecule has 1 aliphatic carbocycles. The van der Waals surface area contributed by atoms with E-state index in [4.69, 9.17) is 0 Å². The highest BCUT2D eigenvalue weighted by Crippen LogP contribution is 2.21. The average Bonchev–Trinajstić information content (AvgIpc) is 3.38. The van der Waals surface area contributed by atoms with Gasteiger partial charge in [0.2, 0.25) is 5.91 Å². The highest BCUT2D eigenvalue weighted by Gasteiger charge is 2.30. The van der Waals surface area contributed by atoms with Gasteiger partial charge < -0.3 is 15.5 Å². The van der Waals surface area contributed by atoms with Gasteiger partial charge in [-0.25, -0.2) is 4.79 Å². The molecular weight excluding hydrogens is 290 g/mol. The predicted molar refractivity (Wildman–Crippen MR) is 88.9 cm³/mol. The van der Waals surface area contributed by atoms with Crippen LogP contribution in [-0.4, -0.2) is 36.0 Å². The lowest BCUT2D eigenvalue weighted by atomic mass is 9.96. The summed E-state index contributed by atoms with van der Waals surface area (Å²) in [5, 5.41) is 6.04. The summed E-state index contributed by atoms with van der Waals surface area (Å²) < 4.78 is 0. The van der Waals surface area contributed by atoms with Crippen molar-refractivity contribution in [2.75, 3.05) is 13.1 Å². The Morgan fingerprint density at radius 2 is 1.83 bits per heavy atom. The molecule has 0 bridgehead atoms. The molecule has 124 valence electrons. The molecule has 1 aromatic carbocycles. The summed E-state index contributed by atoms with van der Waals surface area (Å²) in [7, 11) is 0. The summed E-state index contributed by atoms with van der Waals surface area (Å²) in [6.45, 7) is 3.97. The summed E-state index contributed by atoms with van der Waals surface area (Å²) in [5.74, 6) is 0.125. The molecule has 5 heteroatoms. The molecule has 1 aliphatic heterocycles. The predicted octanol–water partition coefficient (Wildman–Crippen LogP) is 2.20. The van der Waals surface area contributed by atoms with E-state index < -0.39 is 0 Å². The van der Waals surface area contributed by atoms with E-state index in [0.29, 0.717) is 25.7 Å². The van der Waals surface area contributed by atoms with Crippen LogP contribution in [0.15, 0.2) is 24.3 Å². The second kappa shape index (κ2) is 7.02. The monoisotopic (exact) mass is 315 g/mol. The van der Waals surface area contributed by atoms with E-state index in [-0.39, 0.29) is 17.9 Å². The quantitative estimate of drug-likeness (QED) is 0.895. The zero-order valence-corrected chi connectivity index (χ0v) is 13.7. The maximum absolute atomic E-state index is 12.3. The van der Waals surface area contributed by atoms with Gasteiger partial charge in [-0.05, 0) is 43.7 Å². The van der Waals surface area contributed by atoms with Crippen LogP contribution in [0.2, 0.25) is 0 Å². The topological polar surface area (TPSA) is 61.4 Å². The average molecular weight is 315 g/mol. The number of rotatable bonds is 4. The molecule has 2 fully saturated rings. The number of benzene rings is 1. The van der Waals surface area contributed by atoms with Crippen LogP contribution in [0.4, 0.5) is 4.79 Å². The number of urea groups is 1. The molecule has 1 saturated heterocycles. The van der Waals surface area contributed by atoms with Crippen LogP contribution in [0.1, 0.15) is 36.8 Å². The Balaban J connectivity index is 1.42. The Bertz CT molecular complexity index is 575. The van der Waals surface area contributed by atoms with E-state index in [9.17, 15) is 9.59 Å². The van der Waals surface area contributed by atoms with Crippen molar-refractivity contribution in [2.24, 2.45) is 5.92 Å². The summed E-state index contributed by atoms with van der Waals surface area (Å²) >= 11 is 0. The van der Waals surface area contributed by atoms with E-state index >= 15 is 0 Å². The van der Waals surface area contributed by atoms with Crippen molar-refractivity contribution in [3.63, 3.8) is 0 Å². The van der Waals surface area contributed by atoms with Gasteiger partial charge in [0.1, 0.15) is 0 Å². The Labute approximate surface area is 137 Å². The molecular formula is C18H25N3O2. The number of nitrogens with zero attached hydrogens (tertiary/aromatic N) is 1. The van der Waals surface area contributed by atoms with Crippen molar-refractivity contribution >= 4 is 11.9 Å². The van der Waals surface area contributed by atoms with Crippen LogP contribution in [0.3, 0.4) is 0 Å². The largest absolute Gasteiger partial charge is 0.352 e. The first-order valence-corrected chi connectivity index (χ1v) is 8.51. The Morgan fingerprint density at radius 1 is 1.13 bits per heavy atom. The molecule has 5 nitrogen and oxygen atoms in total. The Hall–Kier alpha value is -2.04. The summed E-state index contributed by atoms with van der Waals surface area (Å²) in [4.78, 5) is 26.1. The lowest BCUT2D eigenvalue weighted by Gasteiger charge is -2.31. The minimum Gasteiger partial charge on any atom is -0.352 e. The number of aryl methyl sites for hydroxylation is 1. The second-order valence-electron chi connectivity index (χ2n) is 6.63. The van der Waals surface area contributed by atoms with Gasteiger partial charge in [0, 0.05) is 31.6 Å². The molecule has 3 rings (SSSR count). The van der Waals surface area contributed by atoms with Gasteiger partial charge in [0.05, 0.1) is 0 Å². The van der Waals surface area contributed by atoms with Gasteiger partial charge in [0.25, 0.3) is 0 Å². The number of carbonyl (C=O) groups excluding carboxylic acids is 2. The zero-order valence-electron chi connectivity index (χ0n) is 13.7. The molecule has 0 radical (unpaired) electrons. The normalized spacial score (nSPS) is 18.6. The molecule has 1 saturated carbocycles. The number of carbonyl (C=O) groups is 2. The maximum Gasteiger partial charge on any atom is 0.317 e. The minimum atomic E-state index is 0.0176. The first-order chi connectivity index (χ1) is 11.1. The van der Waals surface area contributed by atoms with Gasteiger partial charge in [-0.15, -0.1) is 0 Å². The number of hydrogen-bond donors (Lipinski definition) is 2. The van der Waals surface area contributed by atoms with Crippen molar-refractivity contribution in [1.82, 2.24) is 15.5 Å². The molecule has 0 spiro atoms. The molecule has 2 aliphatic rings. The summed E-state index contributed by atoms with van der Waals surface area (Å²) in [5.41, 5.74) is 2.35. The second-order valence-corrected chi connectivity index (χ2v) is 6.63. The van der Waals surface area contributed by atoms with Crippen LogP contribution in [-0.2, 0) is 11.3 Å². The number of nitrogens with one attached hydrogen (secondary N) is 2. The Morgan fingerprint density at radius 3 is 2.48 bits per heavy atom. The van der Waals surface area contributed by atoms with Crippen molar-refractivity contribution in [3.05, 3.63) is 35.4 Å². The van der Waals surface area contributed by atoms with Gasteiger partial charge in [-0.3, -0.25) is 4.79 Å². The third-order valence-electron chi connectivity index (χ3n) is 4.77. The van der Waals surface area contributed by atoms with E-state index in [1.807, 2.05) is 23.1 Å². The van der Waals surface area contributed by atoms with Crippen LogP contribution >= 0.6 is 0 Å². The van der Waals surface area contributed by atoms with Crippen molar-refractivity contribution in [2.45, 2.75) is 45.2 Å². The van der Waals surface area contributed by atoms with Crippen LogP contribution in [0.25, 0.3) is 0 Å². The summed E-state index contributed by atoms with van der Waals surface area (Å²) in [6, 6.07) is 8.51. The van der Waals surface area contributed by atoms with E-state index in [0.717, 1.165) is 31.2 Å². The van der Waals surface area contributed by atoms with Crippen molar-refractivity contribution < 1.29 is 9.59 Å². The standard InChI is InChI=1S/C18H25N3O2/c1-13-4-2-3-5-15(13)12-19-17(22)14-8-10-21(11-9-14)18(23)20-16-6-7-16/h2-5,14,16H,6-12H2,1H3,(H,19,22)(H,20,23). The van der Waals surface area contributed by atoms with Gasteiger partial charge in [-0.2, -0.15) is 0 Å². The number of hydrogen-bond acceptors (Lipinski definition) is 2. The molecule has 1 heterocycles. The smallest absolute Gasteiger partial charge is 0.317 e. The molecule has 0 atom stereocenters. The van der Waals surface area contributed by atoms with E-state index in [1.54, 1.807) is 0 Å². The molecule has 2 N–H and O–H groups in total. The lowest BCUT2D eigenvalue weighted by molar-refractivity contribution is -0.126. The molecule has 1 aromatic rings. The first-order valence-electron chi connectivity index (χ1n) is 8.51. The minimum absolute atomic E-state index is 0.0176. The highest BCUT2D eigenvalue weighted by atomic mass is 16.2. The van der Waals surface area contributed by atoms with E-state index in [2.05, 4.69) is 23.6 Å². The third-order valence-corrected chi connectivity index (χ3v) is 4.77. The highest BCUT2D eigenvalue weighted by molar-refractivity contribution is 5.79. The fraction of sp³-hybridized carbons (Fsp3) is 0.556.